The summed E-state index contributed by atoms with van der Waals surface area (Å²) in [5.41, 5.74) is 5.80. The van der Waals surface area contributed by atoms with Crippen molar-refractivity contribution in [2.45, 2.75) is 25.5 Å². The summed E-state index contributed by atoms with van der Waals surface area (Å²) in [7, 11) is 3.70. The Balaban J connectivity index is 0.000000281. The molecule has 1 heterocycles. The van der Waals surface area contributed by atoms with Crippen molar-refractivity contribution in [2.24, 2.45) is 5.73 Å². The molecule has 92 valence electrons. The van der Waals surface area contributed by atoms with Gasteiger partial charge in [0.25, 0.3) is 0 Å². The Kier molecular flexibility index (Phi) is 9.57. The maximum Gasteiger partial charge on any atom is 0.333 e. The van der Waals surface area contributed by atoms with Crippen molar-refractivity contribution in [1.82, 2.24) is 0 Å². The van der Waals surface area contributed by atoms with Crippen LogP contribution in [-0.4, -0.2) is 24.4 Å². The monoisotopic (exact) mass is 261 g/mol. The second kappa shape index (κ2) is 9.81. The molecule has 1 atom stereocenters. The molecule has 1 unspecified atom stereocenters. The Morgan fingerprint density at radius 3 is 2.62 bits per heavy atom. The third kappa shape index (κ3) is 7.84. The van der Waals surface area contributed by atoms with Crippen molar-refractivity contribution in [3.63, 3.8) is 0 Å². The van der Waals surface area contributed by atoms with E-state index in [1.54, 1.807) is 24.6 Å². The molecule has 0 aromatic heterocycles. The van der Waals surface area contributed by atoms with Crippen LogP contribution < -0.4 is 5.73 Å². The molecule has 0 saturated carbocycles. The number of hydrogen-bond donors (Lipinski definition) is 1. The minimum Gasteiger partial charge on any atom is -0.463 e. The molecule has 0 amide bonds. The number of ether oxygens (including phenoxy) is 1. The molecule has 5 heteroatoms. The molecule has 0 saturated heterocycles. The van der Waals surface area contributed by atoms with Crippen LogP contribution in [0.25, 0.3) is 0 Å². The maximum atomic E-state index is 10.4. The van der Waals surface area contributed by atoms with Gasteiger partial charge in [-0.05, 0) is 32.2 Å². The molecule has 1 aliphatic rings. The van der Waals surface area contributed by atoms with E-state index < -0.39 is 0 Å². The zero-order valence-corrected chi connectivity index (χ0v) is 11.4. The molecule has 0 aliphatic carbocycles. The van der Waals surface area contributed by atoms with Gasteiger partial charge in [-0.15, -0.1) is 0 Å². The number of carbonyl (C=O) groups excluding carboxylic acids is 1. The molecule has 1 aliphatic heterocycles. The van der Waals surface area contributed by atoms with Crippen molar-refractivity contribution in [3.8, 4) is 0 Å². The zero-order chi connectivity index (χ0) is 12.4. The van der Waals surface area contributed by atoms with Gasteiger partial charge in [0, 0.05) is 10.8 Å². The highest BCUT2D eigenvalue weighted by atomic mass is 33.1. The minimum absolute atomic E-state index is 0.312. The summed E-state index contributed by atoms with van der Waals surface area (Å²) in [5, 5.41) is 2.82. The summed E-state index contributed by atoms with van der Waals surface area (Å²) in [4.78, 5) is 10.4. The van der Waals surface area contributed by atoms with Gasteiger partial charge < -0.3 is 10.5 Å². The van der Waals surface area contributed by atoms with E-state index in [1.165, 1.54) is 0 Å². The molecule has 0 radical (unpaired) electrons. The lowest BCUT2D eigenvalue weighted by Crippen LogP contribution is -2.05. The summed E-state index contributed by atoms with van der Waals surface area (Å²) in [5.74, 6) is -0.312. The van der Waals surface area contributed by atoms with Gasteiger partial charge in [0.1, 0.15) is 0 Å². The highest BCUT2D eigenvalue weighted by molar-refractivity contribution is 8.78. The number of rotatable bonds is 4. The summed E-state index contributed by atoms with van der Waals surface area (Å²) in [6, 6.07) is 0. The van der Waals surface area contributed by atoms with Gasteiger partial charge >= 0.3 is 5.97 Å². The summed E-state index contributed by atoms with van der Waals surface area (Å²) in [6.07, 6.45) is 3.33. The Morgan fingerprint density at radius 2 is 2.31 bits per heavy atom. The summed E-state index contributed by atoms with van der Waals surface area (Å²) >= 11 is 0. The lowest BCUT2D eigenvalue weighted by Gasteiger charge is -2.00. The maximum absolute atomic E-state index is 10.4. The molecule has 0 fully saturated rings. The normalized spacial score (nSPS) is 17.6. The van der Waals surface area contributed by atoms with Gasteiger partial charge in [0.15, 0.2) is 0 Å². The highest BCUT2D eigenvalue weighted by Crippen LogP contribution is 2.36. The number of esters is 1. The van der Waals surface area contributed by atoms with Crippen LogP contribution in [0.15, 0.2) is 23.6 Å². The average Bonchev–Trinajstić information content (AvgIpc) is 2.72. The van der Waals surface area contributed by atoms with Gasteiger partial charge in [-0.2, -0.15) is 0 Å². The van der Waals surface area contributed by atoms with Crippen molar-refractivity contribution in [2.75, 3.05) is 13.2 Å². The van der Waals surface area contributed by atoms with E-state index in [4.69, 9.17) is 5.73 Å². The van der Waals surface area contributed by atoms with Crippen LogP contribution in [0.2, 0.25) is 0 Å². The van der Waals surface area contributed by atoms with Crippen molar-refractivity contribution >= 4 is 27.6 Å². The summed E-state index contributed by atoms with van der Waals surface area (Å²) in [6.45, 7) is 8.02. The SMILES string of the molecule is C=C(C)C(=O)OCC.NCCC1C=CSS1. The van der Waals surface area contributed by atoms with E-state index in [0.29, 0.717) is 17.4 Å². The number of nitrogens with two attached hydrogens (primary N) is 1. The van der Waals surface area contributed by atoms with Gasteiger partial charge in [0.05, 0.1) is 6.61 Å². The number of carbonyl (C=O) groups is 1. The third-order valence-corrected chi connectivity index (χ3v) is 4.03. The fourth-order valence-electron chi connectivity index (χ4n) is 0.818. The quantitative estimate of drug-likeness (QED) is 0.479. The zero-order valence-electron chi connectivity index (χ0n) is 9.77. The van der Waals surface area contributed by atoms with E-state index in [-0.39, 0.29) is 5.97 Å². The van der Waals surface area contributed by atoms with Crippen LogP contribution >= 0.6 is 21.6 Å². The average molecular weight is 261 g/mol. The van der Waals surface area contributed by atoms with Crippen LogP contribution in [0.1, 0.15) is 20.3 Å². The van der Waals surface area contributed by atoms with Gasteiger partial charge in [0.2, 0.25) is 0 Å². The fourth-order valence-corrected chi connectivity index (χ4v) is 3.05. The second-order valence-corrected chi connectivity index (χ2v) is 5.55. The molecule has 1 rings (SSSR count). The Hall–Kier alpha value is -0.390. The lowest BCUT2D eigenvalue weighted by atomic mass is 10.3. The Morgan fingerprint density at radius 1 is 1.62 bits per heavy atom. The fraction of sp³-hybridized carbons (Fsp3) is 0.545. The molecule has 0 spiro atoms. The molecule has 3 nitrogen and oxygen atoms in total. The minimum atomic E-state index is -0.312. The van der Waals surface area contributed by atoms with Gasteiger partial charge in [-0.25, -0.2) is 4.79 Å². The predicted octanol–water partition coefficient (Wildman–Crippen LogP) is 2.74. The predicted molar refractivity (Wildman–Crippen MR) is 73.2 cm³/mol. The first-order valence-electron chi connectivity index (χ1n) is 5.13. The third-order valence-electron chi connectivity index (χ3n) is 1.60. The molecular weight excluding hydrogens is 242 g/mol. The van der Waals surface area contributed by atoms with Crippen molar-refractivity contribution < 1.29 is 9.53 Å². The van der Waals surface area contributed by atoms with E-state index in [0.717, 1.165) is 13.0 Å². The van der Waals surface area contributed by atoms with Crippen LogP contribution in [0.3, 0.4) is 0 Å². The van der Waals surface area contributed by atoms with E-state index >= 15 is 0 Å². The highest BCUT2D eigenvalue weighted by Gasteiger charge is 2.07. The molecule has 0 bridgehead atoms. The molecule has 2 N–H and O–H groups in total. The topological polar surface area (TPSA) is 52.3 Å². The Labute approximate surface area is 105 Å². The van der Waals surface area contributed by atoms with Crippen LogP contribution in [-0.2, 0) is 9.53 Å². The first-order chi connectivity index (χ1) is 7.61. The van der Waals surface area contributed by atoms with Crippen molar-refractivity contribution in [3.05, 3.63) is 23.6 Å². The van der Waals surface area contributed by atoms with E-state index in [1.807, 2.05) is 10.8 Å². The van der Waals surface area contributed by atoms with Gasteiger partial charge in [-0.1, -0.05) is 34.2 Å². The Bertz CT molecular complexity index is 254. The smallest absolute Gasteiger partial charge is 0.333 e. The first-order valence-corrected chi connectivity index (χ1v) is 7.40. The van der Waals surface area contributed by atoms with E-state index in [2.05, 4.69) is 22.8 Å². The van der Waals surface area contributed by atoms with Crippen LogP contribution in [0, 0.1) is 0 Å². The van der Waals surface area contributed by atoms with Gasteiger partial charge in [-0.3, -0.25) is 0 Å². The molecule has 16 heavy (non-hydrogen) atoms. The largest absolute Gasteiger partial charge is 0.463 e. The molecular formula is C11H19NO2S2. The standard InChI is InChI=1S/C6H10O2.C5H9NS2/c1-4-8-6(7)5(2)3;6-3-1-5-2-4-7-8-5/h2,4H2,1,3H3;2,4-5H,1,3,6H2. The number of hydrogen-bond acceptors (Lipinski definition) is 5. The van der Waals surface area contributed by atoms with Crippen LogP contribution in [0.5, 0.6) is 0 Å². The molecule has 0 aromatic rings. The summed E-state index contributed by atoms with van der Waals surface area (Å²) < 4.78 is 4.56. The van der Waals surface area contributed by atoms with Crippen molar-refractivity contribution in [1.29, 1.82) is 0 Å². The van der Waals surface area contributed by atoms with E-state index in [9.17, 15) is 4.79 Å². The molecule has 0 aromatic carbocycles. The lowest BCUT2D eigenvalue weighted by molar-refractivity contribution is -0.138. The second-order valence-electron chi connectivity index (χ2n) is 3.14. The van der Waals surface area contributed by atoms with Crippen LogP contribution in [0.4, 0.5) is 0 Å². The first kappa shape index (κ1) is 15.6.